The SMILES string of the molecule is Cc1cc(O)ccc1[N+](=O)[O-].[Na]. The summed E-state index contributed by atoms with van der Waals surface area (Å²) in [5, 5.41) is 19.2. The van der Waals surface area contributed by atoms with Crippen LogP contribution in [0.3, 0.4) is 0 Å². The van der Waals surface area contributed by atoms with E-state index in [-0.39, 0.29) is 41.0 Å². The Hall–Kier alpha value is -0.580. The van der Waals surface area contributed by atoms with Gasteiger partial charge in [-0.15, -0.1) is 0 Å². The second-order valence-corrected chi connectivity index (χ2v) is 2.23. The Kier molecular flexibility index (Phi) is 4.23. The molecule has 1 aromatic carbocycles. The molecule has 0 fully saturated rings. The first-order chi connectivity index (χ1) is 5.11. The third-order valence-electron chi connectivity index (χ3n) is 1.38. The Bertz CT molecular complexity index is 301. The average Bonchev–Trinajstić information content (AvgIpc) is 1.85. The molecule has 0 aliphatic heterocycles. The number of phenols is 1. The number of nitro groups is 1. The number of benzene rings is 1. The number of nitro benzene ring substituents is 1. The molecule has 0 bridgehead atoms. The Labute approximate surface area is 91.7 Å². The van der Waals surface area contributed by atoms with Crippen LogP contribution in [0.25, 0.3) is 0 Å². The number of hydrogen-bond donors (Lipinski definition) is 1. The zero-order valence-corrected chi connectivity index (χ0v) is 8.94. The fraction of sp³-hybridized carbons (Fsp3) is 0.143. The third kappa shape index (κ3) is 2.48. The molecule has 0 saturated heterocycles. The first-order valence-electron chi connectivity index (χ1n) is 3.05. The first kappa shape index (κ1) is 11.4. The summed E-state index contributed by atoms with van der Waals surface area (Å²) < 4.78 is 0. The zero-order chi connectivity index (χ0) is 8.43. The molecule has 0 atom stereocenters. The smallest absolute Gasteiger partial charge is 0.272 e. The van der Waals surface area contributed by atoms with Crippen molar-refractivity contribution in [1.82, 2.24) is 0 Å². The van der Waals surface area contributed by atoms with Crippen LogP contribution in [0.15, 0.2) is 18.2 Å². The van der Waals surface area contributed by atoms with E-state index in [1.165, 1.54) is 18.2 Å². The van der Waals surface area contributed by atoms with Gasteiger partial charge in [-0.05, 0) is 19.1 Å². The molecule has 0 aliphatic carbocycles. The number of hydrogen-bond acceptors (Lipinski definition) is 3. The van der Waals surface area contributed by atoms with Crippen molar-refractivity contribution in [2.45, 2.75) is 6.92 Å². The fourth-order valence-corrected chi connectivity index (χ4v) is 0.844. The van der Waals surface area contributed by atoms with E-state index >= 15 is 0 Å². The van der Waals surface area contributed by atoms with E-state index in [1.54, 1.807) is 6.92 Å². The monoisotopic (exact) mass is 176 g/mol. The Morgan fingerprint density at radius 2 is 2.08 bits per heavy atom. The van der Waals surface area contributed by atoms with Crippen LogP contribution >= 0.6 is 0 Å². The maximum absolute atomic E-state index is 10.3. The average molecular weight is 176 g/mol. The number of rotatable bonds is 1. The second-order valence-electron chi connectivity index (χ2n) is 2.23. The summed E-state index contributed by atoms with van der Waals surface area (Å²) in [5.41, 5.74) is 0.498. The third-order valence-corrected chi connectivity index (χ3v) is 1.38. The summed E-state index contributed by atoms with van der Waals surface area (Å²) in [7, 11) is 0. The van der Waals surface area contributed by atoms with Gasteiger partial charge in [-0.3, -0.25) is 10.1 Å². The maximum atomic E-state index is 10.3. The van der Waals surface area contributed by atoms with Gasteiger partial charge in [0.2, 0.25) is 0 Å². The van der Waals surface area contributed by atoms with Crippen LogP contribution < -0.4 is 0 Å². The second kappa shape index (κ2) is 4.45. The van der Waals surface area contributed by atoms with Gasteiger partial charge in [0.25, 0.3) is 5.69 Å². The van der Waals surface area contributed by atoms with E-state index in [1.807, 2.05) is 0 Å². The number of aryl methyl sites for hydroxylation is 1. The van der Waals surface area contributed by atoms with Gasteiger partial charge in [0.1, 0.15) is 5.75 Å². The minimum absolute atomic E-state index is 0. The summed E-state index contributed by atoms with van der Waals surface area (Å²) in [6, 6.07) is 3.94. The van der Waals surface area contributed by atoms with Crippen molar-refractivity contribution in [3.8, 4) is 5.75 Å². The van der Waals surface area contributed by atoms with Gasteiger partial charge in [-0.2, -0.15) is 0 Å². The van der Waals surface area contributed by atoms with Crippen LogP contribution in [0.1, 0.15) is 5.56 Å². The molecule has 0 amide bonds. The van der Waals surface area contributed by atoms with Gasteiger partial charge < -0.3 is 5.11 Å². The molecule has 0 heterocycles. The molecule has 1 N–H and O–H groups in total. The standard InChI is InChI=1S/C7H7NO3.Na/c1-5-4-6(9)2-3-7(5)8(10)11;/h2-4,9H,1H3;. The molecule has 5 heteroatoms. The van der Waals surface area contributed by atoms with Crippen molar-refractivity contribution in [1.29, 1.82) is 0 Å². The van der Waals surface area contributed by atoms with Crippen LogP contribution in [0.2, 0.25) is 0 Å². The molecule has 1 aromatic rings. The van der Waals surface area contributed by atoms with Crippen LogP contribution in [-0.4, -0.2) is 39.6 Å². The number of aromatic hydroxyl groups is 1. The summed E-state index contributed by atoms with van der Waals surface area (Å²) in [6.45, 7) is 1.58. The summed E-state index contributed by atoms with van der Waals surface area (Å²) in [6.07, 6.45) is 0. The molecule has 1 rings (SSSR count). The van der Waals surface area contributed by atoms with Crippen LogP contribution in [0, 0.1) is 17.0 Å². The largest absolute Gasteiger partial charge is 0.508 e. The molecule has 1 radical (unpaired) electrons. The van der Waals surface area contributed by atoms with E-state index in [4.69, 9.17) is 5.11 Å². The quantitative estimate of drug-likeness (QED) is 0.397. The Morgan fingerprint density at radius 1 is 1.50 bits per heavy atom. The van der Waals surface area contributed by atoms with Crippen LogP contribution in [0.5, 0.6) is 5.75 Å². The topological polar surface area (TPSA) is 63.4 Å². The molecular formula is C7H7NNaO3. The van der Waals surface area contributed by atoms with Crippen molar-refractivity contribution >= 4 is 35.2 Å². The molecule has 0 unspecified atom stereocenters. The predicted octanol–water partition coefficient (Wildman–Crippen LogP) is 1.23. The van der Waals surface area contributed by atoms with Gasteiger partial charge >= 0.3 is 0 Å². The van der Waals surface area contributed by atoms with E-state index in [0.29, 0.717) is 5.56 Å². The van der Waals surface area contributed by atoms with Gasteiger partial charge in [0.15, 0.2) is 0 Å². The van der Waals surface area contributed by atoms with Gasteiger partial charge in [-0.25, -0.2) is 0 Å². The van der Waals surface area contributed by atoms with E-state index in [0.717, 1.165) is 0 Å². The van der Waals surface area contributed by atoms with Gasteiger partial charge in [0.05, 0.1) is 4.92 Å². The normalized spacial score (nSPS) is 8.75. The molecule has 0 aliphatic rings. The van der Waals surface area contributed by atoms with Crippen molar-refractivity contribution in [3.05, 3.63) is 33.9 Å². The fourth-order valence-electron chi connectivity index (χ4n) is 0.844. The molecular weight excluding hydrogens is 169 g/mol. The molecule has 59 valence electrons. The Balaban J connectivity index is 0.00000121. The summed E-state index contributed by atoms with van der Waals surface area (Å²) in [5.74, 6) is 0.0492. The van der Waals surface area contributed by atoms with E-state index in [9.17, 15) is 10.1 Å². The summed E-state index contributed by atoms with van der Waals surface area (Å²) in [4.78, 5) is 9.78. The minimum atomic E-state index is -0.477. The van der Waals surface area contributed by atoms with E-state index in [2.05, 4.69) is 0 Å². The molecule has 0 saturated carbocycles. The molecule has 4 nitrogen and oxygen atoms in total. The number of phenolic OH excluding ortho intramolecular Hbond substituents is 1. The minimum Gasteiger partial charge on any atom is -0.508 e. The van der Waals surface area contributed by atoms with E-state index < -0.39 is 4.92 Å². The molecule has 12 heavy (non-hydrogen) atoms. The first-order valence-corrected chi connectivity index (χ1v) is 3.05. The van der Waals surface area contributed by atoms with Crippen LogP contribution in [0.4, 0.5) is 5.69 Å². The maximum Gasteiger partial charge on any atom is 0.272 e. The number of nitrogens with zero attached hydrogens (tertiary/aromatic N) is 1. The van der Waals surface area contributed by atoms with Gasteiger partial charge in [-0.1, -0.05) is 0 Å². The van der Waals surface area contributed by atoms with Crippen molar-refractivity contribution in [2.24, 2.45) is 0 Å². The summed E-state index contributed by atoms with van der Waals surface area (Å²) >= 11 is 0. The van der Waals surface area contributed by atoms with Gasteiger partial charge in [0, 0.05) is 41.2 Å². The Morgan fingerprint density at radius 3 is 2.50 bits per heavy atom. The van der Waals surface area contributed by atoms with Crippen molar-refractivity contribution in [3.63, 3.8) is 0 Å². The van der Waals surface area contributed by atoms with Crippen LogP contribution in [-0.2, 0) is 0 Å². The molecule has 0 aromatic heterocycles. The van der Waals surface area contributed by atoms with Crippen molar-refractivity contribution < 1.29 is 10.0 Å². The predicted molar refractivity (Wildman–Crippen MR) is 45.3 cm³/mol. The van der Waals surface area contributed by atoms with Crippen molar-refractivity contribution in [2.75, 3.05) is 0 Å². The zero-order valence-electron chi connectivity index (χ0n) is 6.94. The molecule has 0 spiro atoms.